The van der Waals surface area contributed by atoms with Gasteiger partial charge < -0.3 is 9.84 Å². The van der Waals surface area contributed by atoms with Crippen molar-refractivity contribution < 1.29 is 19.4 Å². The SMILES string of the molecule is C[C@H](Cl)C(=O)O[C@H](C)C(=O)O. The van der Waals surface area contributed by atoms with Crippen LogP contribution in [0.4, 0.5) is 0 Å². The van der Waals surface area contributed by atoms with E-state index < -0.39 is 23.4 Å². The molecule has 64 valence electrons. The van der Waals surface area contributed by atoms with Gasteiger partial charge in [-0.2, -0.15) is 0 Å². The van der Waals surface area contributed by atoms with Crippen LogP contribution in [0.25, 0.3) is 0 Å². The van der Waals surface area contributed by atoms with Crippen LogP contribution in [0.5, 0.6) is 0 Å². The van der Waals surface area contributed by atoms with E-state index in [1.165, 1.54) is 13.8 Å². The summed E-state index contributed by atoms with van der Waals surface area (Å²) >= 11 is 5.31. The predicted octanol–water partition coefficient (Wildman–Crippen LogP) is 0.630. The summed E-state index contributed by atoms with van der Waals surface area (Å²) in [6.07, 6.45) is -1.14. The zero-order valence-corrected chi connectivity index (χ0v) is 6.96. The normalized spacial score (nSPS) is 15.2. The second-order valence-electron chi connectivity index (χ2n) is 2.03. The fraction of sp³-hybridized carbons (Fsp3) is 0.667. The molecule has 0 radical (unpaired) electrons. The number of ether oxygens (including phenoxy) is 1. The number of aliphatic carboxylic acids is 1. The van der Waals surface area contributed by atoms with Gasteiger partial charge in [0.25, 0.3) is 0 Å². The Balaban J connectivity index is 3.85. The number of carboxylic acids is 1. The quantitative estimate of drug-likeness (QED) is 0.511. The molecule has 0 aliphatic carbocycles. The number of carboxylic acid groups (broad SMARTS) is 1. The third-order valence-electron chi connectivity index (χ3n) is 0.965. The first kappa shape index (κ1) is 10.2. The van der Waals surface area contributed by atoms with Gasteiger partial charge in [-0.05, 0) is 13.8 Å². The highest BCUT2D eigenvalue weighted by Crippen LogP contribution is 2.00. The Kier molecular flexibility index (Phi) is 3.89. The van der Waals surface area contributed by atoms with Crippen molar-refractivity contribution in [3.63, 3.8) is 0 Å². The number of esters is 1. The molecule has 0 aromatic carbocycles. The fourth-order valence-corrected chi connectivity index (χ4v) is 0.370. The first-order chi connectivity index (χ1) is 4.95. The van der Waals surface area contributed by atoms with Gasteiger partial charge in [0.15, 0.2) is 6.10 Å². The van der Waals surface area contributed by atoms with E-state index in [4.69, 9.17) is 16.7 Å². The third-order valence-corrected chi connectivity index (χ3v) is 1.14. The maximum absolute atomic E-state index is 10.6. The first-order valence-corrected chi connectivity index (χ1v) is 3.46. The van der Waals surface area contributed by atoms with E-state index in [-0.39, 0.29) is 0 Å². The molecule has 0 amide bonds. The highest BCUT2D eigenvalue weighted by molar-refractivity contribution is 6.29. The van der Waals surface area contributed by atoms with Gasteiger partial charge in [-0.15, -0.1) is 11.6 Å². The second-order valence-corrected chi connectivity index (χ2v) is 2.69. The molecular weight excluding hydrogens is 172 g/mol. The monoisotopic (exact) mass is 180 g/mol. The van der Waals surface area contributed by atoms with Crippen LogP contribution in [0.1, 0.15) is 13.8 Å². The summed E-state index contributed by atoms with van der Waals surface area (Å²) < 4.78 is 4.40. The van der Waals surface area contributed by atoms with Gasteiger partial charge in [-0.1, -0.05) is 0 Å². The highest BCUT2D eigenvalue weighted by Gasteiger charge is 2.19. The summed E-state index contributed by atoms with van der Waals surface area (Å²) in [6.45, 7) is 2.68. The average molecular weight is 181 g/mol. The van der Waals surface area contributed by atoms with Crippen molar-refractivity contribution in [2.75, 3.05) is 0 Å². The fourth-order valence-electron chi connectivity index (χ4n) is 0.318. The zero-order valence-electron chi connectivity index (χ0n) is 6.20. The summed E-state index contributed by atoms with van der Waals surface area (Å²) in [5.74, 6) is -1.91. The first-order valence-electron chi connectivity index (χ1n) is 3.02. The molecule has 0 spiro atoms. The molecular formula is C6H9ClO4. The van der Waals surface area contributed by atoms with Crippen LogP contribution in [0, 0.1) is 0 Å². The molecule has 0 heterocycles. The lowest BCUT2D eigenvalue weighted by atomic mass is 10.4. The maximum Gasteiger partial charge on any atom is 0.344 e. The van der Waals surface area contributed by atoms with Crippen molar-refractivity contribution in [2.45, 2.75) is 25.3 Å². The molecule has 0 aliphatic rings. The molecule has 2 atom stereocenters. The van der Waals surface area contributed by atoms with Crippen LogP contribution < -0.4 is 0 Å². The molecule has 0 aliphatic heterocycles. The largest absolute Gasteiger partial charge is 0.479 e. The van der Waals surface area contributed by atoms with Gasteiger partial charge in [0.05, 0.1) is 0 Å². The van der Waals surface area contributed by atoms with Crippen molar-refractivity contribution in [3.8, 4) is 0 Å². The lowest BCUT2D eigenvalue weighted by molar-refractivity contribution is -0.162. The maximum atomic E-state index is 10.6. The molecule has 0 fully saturated rings. The predicted molar refractivity (Wildman–Crippen MR) is 38.5 cm³/mol. The second kappa shape index (κ2) is 4.18. The molecule has 0 aromatic heterocycles. The molecule has 1 N–H and O–H groups in total. The molecule has 11 heavy (non-hydrogen) atoms. The van der Waals surface area contributed by atoms with E-state index >= 15 is 0 Å². The molecule has 0 aromatic rings. The Hall–Kier alpha value is -0.770. The minimum absolute atomic E-state index is 0.721. The highest BCUT2D eigenvalue weighted by atomic mass is 35.5. The van der Waals surface area contributed by atoms with E-state index in [1.54, 1.807) is 0 Å². The summed E-state index contributed by atoms with van der Waals surface area (Å²) in [6, 6.07) is 0. The number of rotatable bonds is 3. The molecule has 5 heteroatoms. The number of alkyl halides is 1. The number of carbonyl (C=O) groups excluding carboxylic acids is 1. The van der Waals surface area contributed by atoms with E-state index in [9.17, 15) is 9.59 Å². The van der Waals surface area contributed by atoms with Crippen LogP contribution in [-0.4, -0.2) is 28.5 Å². The van der Waals surface area contributed by atoms with Gasteiger partial charge in [0.2, 0.25) is 0 Å². The summed E-state index contributed by atoms with van der Waals surface area (Å²) in [7, 11) is 0. The van der Waals surface area contributed by atoms with Crippen LogP contribution in [0.2, 0.25) is 0 Å². The number of carbonyl (C=O) groups is 2. The lowest BCUT2D eigenvalue weighted by Crippen LogP contribution is -2.27. The van der Waals surface area contributed by atoms with Crippen LogP contribution in [0.3, 0.4) is 0 Å². The van der Waals surface area contributed by atoms with E-state index in [0.29, 0.717) is 0 Å². The molecule has 0 unspecified atom stereocenters. The molecule has 0 rings (SSSR count). The van der Waals surface area contributed by atoms with Gasteiger partial charge in [0, 0.05) is 0 Å². The Labute approximate surface area is 69.1 Å². The zero-order chi connectivity index (χ0) is 9.02. The minimum Gasteiger partial charge on any atom is -0.479 e. The molecule has 0 saturated heterocycles. The average Bonchev–Trinajstić information content (AvgIpc) is 1.87. The van der Waals surface area contributed by atoms with Gasteiger partial charge in [-0.25, -0.2) is 4.79 Å². The molecule has 0 bridgehead atoms. The van der Waals surface area contributed by atoms with E-state index in [0.717, 1.165) is 0 Å². The smallest absolute Gasteiger partial charge is 0.344 e. The third kappa shape index (κ3) is 3.83. The summed E-state index contributed by atoms with van der Waals surface area (Å²) in [5, 5.41) is 7.48. The minimum atomic E-state index is -1.18. The van der Waals surface area contributed by atoms with Crippen molar-refractivity contribution in [1.29, 1.82) is 0 Å². The number of halogens is 1. The standard InChI is InChI=1S/C6H9ClO4/c1-3(7)6(10)11-4(2)5(8)9/h3-4H,1-2H3,(H,8,9)/t3-,4+/m0/s1. The van der Waals surface area contributed by atoms with Crippen molar-refractivity contribution in [1.82, 2.24) is 0 Å². The van der Waals surface area contributed by atoms with Crippen molar-refractivity contribution >= 4 is 23.5 Å². The van der Waals surface area contributed by atoms with E-state index in [1.807, 2.05) is 0 Å². The summed E-state index contributed by atoms with van der Waals surface area (Å²) in [5.41, 5.74) is 0. The Morgan fingerprint density at radius 2 is 1.91 bits per heavy atom. The summed E-state index contributed by atoms with van der Waals surface area (Å²) in [4.78, 5) is 20.8. The van der Waals surface area contributed by atoms with Gasteiger partial charge in [0.1, 0.15) is 5.38 Å². The Morgan fingerprint density at radius 1 is 1.45 bits per heavy atom. The number of hydrogen-bond acceptors (Lipinski definition) is 3. The Morgan fingerprint density at radius 3 is 2.18 bits per heavy atom. The topological polar surface area (TPSA) is 63.6 Å². The lowest BCUT2D eigenvalue weighted by Gasteiger charge is -2.08. The van der Waals surface area contributed by atoms with Gasteiger partial charge in [-0.3, -0.25) is 4.79 Å². The molecule has 4 nitrogen and oxygen atoms in total. The number of hydrogen-bond donors (Lipinski definition) is 1. The van der Waals surface area contributed by atoms with Gasteiger partial charge >= 0.3 is 11.9 Å². The van der Waals surface area contributed by atoms with Crippen molar-refractivity contribution in [2.24, 2.45) is 0 Å². The van der Waals surface area contributed by atoms with Crippen LogP contribution in [-0.2, 0) is 14.3 Å². The van der Waals surface area contributed by atoms with Crippen LogP contribution in [0.15, 0.2) is 0 Å². The molecule has 0 saturated carbocycles. The van der Waals surface area contributed by atoms with E-state index in [2.05, 4.69) is 4.74 Å². The van der Waals surface area contributed by atoms with Crippen LogP contribution >= 0.6 is 11.6 Å². The Bertz CT molecular complexity index is 166. The van der Waals surface area contributed by atoms with Crippen molar-refractivity contribution in [3.05, 3.63) is 0 Å².